The smallest absolute Gasteiger partial charge is 0.161 e. The molecule has 0 saturated heterocycles. The van der Waals surface area contributed by atoms with E-state index in [0.29, 0.717) is 23.8 Å². The van der Waals surface area contributed by atoms with Gasteiger partial charge in [0.1, 0.15) is 0 Å². The lowest BCUT2D eigenvalue weighted by molar-refractivity contribution is 1.12. The number of aromatic nitrogens is 6. The second-order valence-corrected chi connectivity index (χ2v) is 14.8. The molecule has 0 bridgehead atoms. The van der Waals surface area contributed by atoms with Crippen LogP contribution in [-0.2, 0) is 0 Å². The Bertz CT molecular complexity index is 2970. The normalized spacial score (nSPS) is 12.4. The molecule has 4 aromatic heterocycles. The van der Waals surface area contributed by atoms with Crippen molar-refractivity contribution in [3.63, 3.8) is 0 Å². The van der Waals surface area contributed by atoms with E-state index in [1.54, 1.807) is 0 Å². The van der Waals surface area contributed by atoms with E-state index in [4.69, 9.17) is 29.9 Å². The summed E-state index contributed by atoms with van der Waals surface area (Å²) >= 11 is 0. The lowest BCUT2D eigenvalue weighted by Crippen LogP contribution is -2.06. The van der Waals surface area contributed by atoms with Gasteiger partial charge >= 0.3 is 0 Å². The van der Waals surface area contributed by atoms with Crippen LogP contribution < -0.4 is 0 Å². The van der Waals surface area contributed by atoms with Gasteiger partial charge in [-0.3, -0.25) is 4.98 Å². The predicted molar refractivity (Wildman–Crippen MR) is 247 cm³/mol. The molecular weight excluding hydrogens is 745 g/mol. The molecule has 1 aliphatic rings. The maximum Gasteiger partial charge on any atom is 0.161 e. The third kappa shape index (κ3) is 7.86. The van der Waals surface area contributed by atoms with Crippen molar-refractivity contribution < 1.29 is 0 Å². The van der Waals surface area contributed by atoms with Gasteiger partial charge in [-0.05, 0) is 59.5 Å². The Labute approximate surface area is 355 Å². The molecule has 0 aliphatic heterocycles. The molecule has 288 valence electrons. The van der Waals surface area contributed by atoms with E-state index in [2.05, 4.69) is 104 Å². The average molecular weight is 783 g/mol. The highest BCUT2D eigenvalue weighted by molar-refractivity contribution is 6.02. The molecule has 0 unspecified atom stereocenters. The van der Waals surface area contributed by atoms with Crippen LogP contribution in [0.25, 0.3) is 90.1 Å². The summed E-state index contributed by atoms with van der Waals surface area (Å²) < 4.78 is 0. The van der Waals surface area contributed by atoms with E-state index in [-0.39, 0.29) is 0 Å². The molecule has 0 radical (unpaired) electrons. The molecule has 0 atom stereocenters. The highest BCUT2D eigenvalue weighted by Crippen LogP contribution is 2.40. The fraction of sp³-hybridized carbons (Fsp3) is 0.0182. The van der Waals surface area contributed by atoms with Crippen molar-refractivity contribution in [2.75, 3.05) is 0 Å². The number of rotatable bonds is 9. The Balaban J connectivity index is 1.15. The van der Waals surface area contributed by atoms with E-state index in [1.807, 2.05) is 109 Å². The summed E-state index contributed by atoms with van der Waals surface area (Å²) in [6, 6.07) is 63.6. The zero-order valence-electron chi connectivity index (χ0n) is 33.2. The summed E-state index contributed by atoms with van der Waals surface area (Å²) in [5.74, 6) is 1.26. The molecular formula is C55H38N6. The highest BCUT2D eigenvalue weighted by Gasteiger charge is 2.23. The summed E-state index contributed by atoms with van der Waals surface area (Å²) in [7, 11) is 0. The summed E-state index contributed by atoms with van der Waals surface area (Å²) in [5, 5.41) is 0. The summed E-state index contributed by atoms with van der Waals surface area (Å²) in [6.45, 7) is 4.60. The van der Waals surface area contributed by atoms with Crippen molar-refractivity contribution in [1.29, 1.82) is 0 Å². The van der Waals surface area contributed by atoms with Gasteiger partial charge in [0.05, 0.1) is 39.9 Å². The van der Waals surface area contributed by atoms with Crippen LogP contribution in [0.1, 0.15) is 17.9 Å². The number of nitrogens with zero attached hydrogens (tertiary/aromatic N) is 6. The minimum Gasteiger partial charge on any atom is -0.255 e. The number of allylic oxidation sites excluding steroid dienone is 5. The van der Waals surface area contributed by atoms with Gasteiger partial charge in [0.25, 0.3) is 0 Å². The molecule has 0 N–H and O–H groups in total. The zero-order chi connectivity index (χ0) is 41.0. The van der Waals surface area contributed by atoms with Gasteiger partial charge in [0, 0.05) is 45.2 Å². The van der Waals surface area contributed by atoms with Crippen LogP contribution in [0.4, 0.5) is 0 Å². The Hall–Kier alpha value is -8.22. The van der Waals surface area contributed by atoms with Gasteiger partial charge in [0.15, 0.2) is 11.6 Å². The first-order valence-corrected chi connectivity index (χ1v) is 20.3. The van der Waals surface area contributed by atoms with Gasteiger partial charge in [-0.25, -0.2) is 24.9 Å². The molecule has 0 amide bonds. The van der Waals surface area contributed by atoms with Crippen molar-refractivity contribution >= 4 is 11.1 Å². The molecule has 0 fully saturated rings. The standard InChI is InChI=1S/C55H38N6/c1-37-18-17-29-45(55-60-47(40-23-11-4-12-24-40)35-48(61-55)41-25-13-5-14-26-41)53(37)52-34-44(38-19-7-2-8-20-38)33-51(57-52)50-32-43(30-31-56-50)49-36-46(39-21-9-3-10-22-39)58-54(59-49)42-27-15-6-16-28-42/h2-17,19-36H,1,18H2. The molecule has 4 heterocycles. The van der Waals surface area contributed by atoms with Crippen LogP contribution in [0.15, 0.2) is 219 Å². The molecule has 10 rings (SSSR count). The molecule has 5 aromatic carbocycles. The molecule has 1 aliphatic carbocycles. The van der Waals surface area contributed by atoms with E-state index in [0.717, 1.165) is 89.8 Å². The summed E-state index contributed by atoms with van der Waals surface area (Å²) in [6.07, 6.45) is 6.74. The first-order valence-electron chi connectivity index (χ1n) is 20.3. The van der Waals surface area contributed by atoms with Crippen LogP contribution in [0, 0.1) is 0 Å². The van der Waals surface area contributed by atoms with Crippen molar-refractivity contribution in [3.8, 4) is 78.9 Å². The van der Waals surface area contributed by atoms with Gasteiger partial charge in [-0.15, -0.1) is 0 Å². The first kappa shape index (κ1) is 37.1. The lowest BCUT2D eigenvalue weighted by atomic mass is 9.88. The third-order valence-electron chi connectivity index (χ3n) is 10.7. The summed E-state index contributed by atoms with van der Waals surface area (Å²) in [4.78, 5) is 30.9. The Kier molecular flexibility index (Phi) is 10.1. The highest BCUT2D eigenvalue weighted by atomic mass is 14.9. The fourth-order valence-corrected chi connectivity index (χ4v) is 7.67. The summed E-state index contributed by atoms with van der Waals surface area (Å²) in [5.41, 5.74) is 15.1. The maximum absolute atomic E-state index is 5.40. The largest absolute Gasteiger partial charge is 0.255 e. The van der Waals surface area contributed by atoms with Crippen LogP contribution in [-0.4, -0.2) is 29.9 Å². The minimum absolute atomic E-state index is 0.605. The average Bonchev–Trinajstić information content (AvgIpc) is 3.35. The van der Waals surface area contributed by atoms with Crippen LogP contribution >= 0.6 is 0 Å². The first-order chi connectivity index (χ1) is 30.1. The number of hydrogen-bond acceptors (Lipinski definition) is 6. The third-order valence-corrected chi connectivity index (χ3v) is 10.7. The molecule has 9 aromatic rings. The SMILES string of the molecule is C=C1CC=CC(c2nc(-c3ccccc3)cc(-c3ccccc3)n2)=C1c1cc(-c2ccccc2)cc(-c2cc(-c3cc(-c4ccccc4)nc(-c4ccccc4)n3)ccn2)n1. The maximum atomic E-state index is 5.40. The molecule has 0 spiro atoms. The van der Waals surface area contributed by atoms with Gasteiger partial charge in [-0.2, -0.15) is 0 Å². The molecule has 0 saturated carbocycles. The number of pyridine rings is 2. The molecule has 6 nitrogen and oxygen atoms in total. The minimum atomic E-state index is 0.605. The lowest BCUT2D eigenvalue weighted by Gasteiger charge is -2.20. The zero-order valence-corrected chi connectivity index (χ0v) is 33.2. The van der Waals surface area contributed by atoms with Crippen molar-refractivity contribution in [2.45, 2.75) is 6.42 Å². The van der Waals surface area contributed by atoms with Crippen LogP contribution in [0.3, 0.4) is 0 Å². The second-order valence-electron chi connectivity index (χ2n) is 14.8. The Morgan fingerprint density at radius 1 is 0.344 bits per heavy atom. The Morgan fingerprint density at radius 2 is 0.787 bits per heavy atom. The monoisotopic (exact) mass is 782 g/mol. The van der Waals surface area contributed by atoms with Crippen molar-refractivity contribution in [2.24, 2.45) is 0 Å². The fourth-order valence-electron chi connectivity index (χ4n) is 7.67. The topological polar surface area (TPSA) is 77.3 Å². The van der Waals surface area contributed by atoms with Gasteiger partial charge in [-0.1, -0.05) is 170 Å². The Morgan fingerprint density at radius 3 is 1.33 bits per heavy atom. The van der Waals surface area contributed by atoms with Gasteiger partial charge in [0.2, 0.25) is 0 Å². The van der Waals surface area contributed by atoms with Gasteiger partial charge < -0.3 is 0 Å². The number of hydrogen-bond donors (Lipinski definition) is 0. The second kappa shape index (κ2) is 16.6. The van der Waals surface area contributed by atoms with E-state index in [1.165, 1.54) is 0 Å². The van der Waals surface area contributed by atoms with Crippen molar-refractivity contribution in [3.05, 3.63) is 230 Å². The van der Waals surface area contributed by atoms with Crippen LogP contribution in [0.5, 0.6) is 0 Å². The number of benzene rings is 5. The predicted octanol–water partition coefficient (Wildman–Crippen LogP) is 13.2. The quantitative estimate of drug-likeness (QED) is 0.145. The van der Waals surface area contributed by atoms with E-state index < -0.39 is 0 Å². The van der Waals surface area contributed by atoms with Crippen LogP contribution in [0.2, 0.25) is 0 Å². The van der Waals surface area contributed by atoms with Crippen molar-refractivity contribution in [1.82, 2.24) is 29.9 Å². The van der Waals surface area contributed by atoms with E-state index >= 15 is 0 Å². The van der Waals surface area contributed by atoms with E-state index in [9.17, 15) is 0 Å². The molecule has 61 heavy (non-hydrogen) atoms. The molecule has 6 heteroatoms.